The van der Waals surface area contributed by atoms with Crippen molar-refractivity contribution in [2.45, 2.75) is 39.7 Å². The number of rotatable bonds is 3. The molecule has 17 heavy (non-hydrogen) atoms. The van der Waals surface area contributed by atoms with E-state index in [-0.39, 0.29) is 11.3 Å². The highest BCUT2D eigenvalue weighted by Crippen LogP contribution is 2.22. The summed E-state index contributed by atoms with van der Waals surface area (Å²) in [5.41, 5.74) is 5.85. The van der Waals surface area contributed by atoms with Crippen LogP contribution in [0.15, 0.2) is 0 Å². The van der Waals surface area contributed by atoms with E-state index in [0.717, 1.165) is 32.5 Å². The van der Waals surface area contributed by atoms with Crippen molar-refractivity contribution in [2.24, 2.45) is 17.1 Å². The van der Waals surface area contributed by atoms with Crippen LogP contribution in [-0.4, -0.2) is 43.7 Å². The third-order valence-corrected chi connectivity index (χ3v) is 3.43. The molecule has 1 aliphatic rings. The largest absolute Gasteiger partial charge is 0.384 e. The third kappa shape index (κ3) is 3.96. The number of carbonyl (C=O) groups excluding carboxylic acids is 1. The van der Waals surface area contributed by atoms with E-state index in [1.807, 2.05) is 25.7 Å². The van der Waals surface area contributed by atoms with E-state index in [2.05, 4.69) is 0 Å². The second-order valence-corrected chi connectivity index (χ2v) is 6.09. The predicted octanol–water partition coefficient (Wildman–Crippen LogP) is 1.24. The average Bonchev–Trinajstić information content (AvgIpc) is 2.27. The van der Waals surface area contributed by atoms with Gasteiger partial charge < -0.3 is 15.4 Å². The van der Waals surface area contributed by atoms with Crippen molar-refractivity contribution < 1.29 is 9.53 Å². The Morgan fingerprint density at radius 3 is 2.71 bits per heavy atom. The average molecular weight is 242 g/mol. The molecule has 4 nitrogen and oxygen atoms in total. The second kappa shape index (κ2) is 5.83. The molecule has 1 heterocycles. The van der Waals surface area contributed by atoms with E-state index in [1.165, 1.54) is 0 Å². The summed E-state index contributed by atoms with van der Waals surface area (Å²) in [6.07, 6.45) is 2.19. The van der Waals surface area contributed by atoms with Gasteiger partial charge in [0, 0.05) is 20.2 Å². The zero-order valence-electron chi connectivity index (χ0n) is 11.5. The Morgan fingerprint density at radius 1 is 1.53 bits per heavy atom. The van der Waals surface area contributed by atoms with E-state index in [4.69, 9.17) is 10.5 Å². The number of nitrogens with zero attached hydrogens (tertiary/aromatic N) is 1. The molecule has 2 N–H and O–H groups in total. The van der Waals surface area contributed by atoms with E-state index >= 15 is 0 Å². The number of piperidine rings is 1. The van der Waals surface area contributed by atoms with Crippen molar-refractivity contribution in [3.63, 3.8) is 0 Å². The summed E-state index contributed by atoms with van der Waals surface area (Å²) in [5, 5.41) is 0. The summed E-state index contributed by atoms with van der Waals surface area (Å²) in [5.74, 6) is 0.545. The van der Waals surface area contributed by atoms with Crippen molar-refractivity contribution in [1.29, 1.82) is 0 Å². The molecule has 1 rings (SSSR count). The SMILES string of the molecule is COC[C@@H]1CCCN(C(=O)[C@@H](N)C(C)(C)C)C1. The summed E-state index contributed by atoms with van der Waals surface area (Å²) in [4.78, 5) is 14.2. The van der Waals surface area contributed by atoms with Crippen molar-refractivity contribution in [2.75, 3.05) is 26.8 Å². The fourth-order valence-electron chi connectivity index (χ4n) is 2.20. The maximum Gasteiger partial charge on any atom is 0.240 e. The van der Waals surface area contributed by atoms with Crippen molar-refractivity contribution in [3.8, 4) is 0 Å². The van der Waals surface area contributed by atoms with Crippen LogP contribution in [0, 0.1) is 11.3 Å². The minimum atomic E-state index is -0.413. The van der Waals surface area contributed by atoms with Gasteiger partial charge in [-0.15, -0.1) is 0 Å². The first kappa shape index (κ1) is 14.5. The molecule has 0 spiro atoms. The highest BCUT2D eigenvalue weighted by molar-refractivity contribution is 5.82. The summed E-state index contributed by atoms with van der Waals surface area (Å²) >= 11 is 0. The fourth-order valence-corrected chi connectivity index (χ4v) is 2.20. The van der Waals surface area contributed by atoms with Crippen LogP contribution in [0.3, 0.4) is 0 Å². The number of likely N-dealkylation sites (tertiary alicyclic amines) is 1. The topological polar surface area (TPSA) is 55.6 Å². The lowest BCUT2D eigenvalue weighted by molar-refractivity contribution is -0.137. The van der Waals surface area contributed by atoms with Crippen molar-refractivity contribution in [1.82, 2.24) is 4.90 Å². The van der Waals surface area contributed by atoms with Crippen LogP contribution >= 0.6 is 0 Å². The van der Waals surface area contributed by atoms with Crippen LogP contribution in [0.25, 0.3) is 0 Å². The quantitative estimate of drug-likeness (QED) is 0.810. The van der Waals surface area contributed by atoms with E-state index in [9.17, 15) is 4.79 Å². The third-order valence-electron chi connectivity index (χ3n) is 3.43. The number of nitrogens with two attached hydrogens (primary N) is 1. The maximum atomic E-state index is 12.3. The normalized spacial score (nSPS) is 23.6. The molecule has 100 valence electrons. The van der Waals surface area contributed by atoms with Gasteiger partial charge in [-0.05, 0) is 24.2 Å². The Kier molecular flexibility index (Phi) is 4.95. The smallest absolute Gasteiger partial charge is 0.240 e. The molecule has 1 amide bonds. The van der Waals surface area contributed by atoms with Crippen molar-refractivity contribution in [3.05, 3.63) is 0 Å². The lowest BCUT2D eigenvalue weighted by atomic mass is 9.86. The maximum absolute atomic E-state index is 12.3. The van der Waals surface area contributed by atoms with E-state index in [1.54, 1.807) is 7.11 Å². The van der Waals surface area contributed by atoms with Crippen LogP contribution < -0.4 is 5.73 Å². The van der Waals surface area contributed by atoms with Gasteiger partial charge >= 0.3 is 0 Å². The number of ether oxygens (including phenoxy) is 1. The van der Waals surface area contributed by atoms with Crippen LogP contribution in [0.1, 0.15) is 33.6 Å². The minimum Gasteiger partial charge on any atom is -0.384 e. The zero-order chi connectivity index (χ0) is 13.1. The van der Waals surface area contributed by atoms with Crippen LogP contribution in [-0.2, 0) is 9.53 Å². The molecule has 0 saturated carbocycles. The van der Waals surface area contributed by atoms with Crippen LogP contribution in [0.4, 0.5) is 0 Å². The molecule has 0 radical (unpaired) electrons. The molecule has 0 aromatic rings. The first-order chi connectivity index (χ1) is 7.86. The summed E-state index contributed by atoms with van der Waals surface area (Å²) < 4.78 is 5.17. The Hall–Kier alpha value is -0.610. The minimum absolute atomic E-state index is 0.0818. The molecule has 4 heteroatoms. The van der Waals surface area contributed by atoms with Crippen LogP contribution in [0.2, 0.25) is 0 Å². The lowest BCUT2D eigenvalue weighted by Gasteiger charge is -2.37. The summed E-state index contributed by atoms with van der Waals surface area (Å²) in [7, 11) is 1.71. The van der Waals surface area contributed by atoms with Gasteiger partial charge in [-0.2, -0.15) is 0 Å². The molecular formula is C13H26N2O2. The van der Waals surface area contributed by atoms with Gasteiger partial charge in [0.05, 0.1) is 12.6 Å². The molecule has 1 fully saturated rings. The van der Waals surface area contributed by atoms with Gasteiger partial charge in [0.1, 0.15) is 0 Å². The number of hydrogen-bond acceptors (Lipinski definition) is 3. The molecular weight excluding hydrogens is 216 g/mol. The number of amides is 1. The molecule has 0 aromatic carbocycles. The van der Waals surface area contributed by atoms with Crippen molar-refractivity contribution >= 4 is 5.91 Å². The monoisotopic (exact) mass is 242 g/mol. The molecule has 0 bridgehead atoms. The molecule has 2 atom stereocenters. The zero-order valence-corrected chi connectivity index (χ0v) is 11.5. The fraction of sp³-hybridized carbons (Fsp3) is 0.923. The summed E-state index contributed by atoms with van der Waals surface area (Å²) in [6.45, 7) is 8.37. The van der Waals surface area contributed by atoms with Gasteiger partial charge in [-0.1, -0.05) is 20.8 Å². The molecule has 0 aliphatic carbocycles. The molecule has 0 aromatic heterocycles. The van der Waals surface area contributed by atoms with Gasteiger partial charge in [0.15, 0.2) is 0 Å². The van der Waals surface area contributed by atoms with E-state index < -0.39 is 6.04 Å². The number of methoxy groups -OCH3 is 1. The molecule has 1 saturated heterocycles. The lowest BCUT2D eigenvalue weighted by Crippen LogP contribution is -2.53. The van der Waals surface area contributed by atoms with Gasteiger partial charge in [0.2, 0.25) is 5.91 Å². The predicted molar refractivity (Wildman–Crippen MR) is 68.6 cm³/mol. The first-order valence-electron chi connectivity index (χ1n) is 6.39. The highest BCUT2D eigenvalue weighted by Gasteiger charge is 2.33. The standard InChI is InChI=1S/C13H26N2O2/c1-13(2,3)11(14)12(16)15-7-5-6-10(8-15)9-17-4/h10-11H,5-9,14H2,1-4H3/t10-,11-/m1/s1. The van der Waals surface area contributed by atoms with E-state index in [0.29, 0.717) is 5.92 Å². The van der Waals surface area contributed by atoms with Gasteiger partial charge in [-0.25, -0.2) is 0 Å². The molecule has 0 unspecified atom stereocenters. The van der Waals surface area contributed by atoms with Gasteiger partial charge in [0.25, 0.3) is 0 Å². The highest BCUT2D eigenvalue weighted by atomic mass is 16.5. The number of carbonyl (C=O) groups is 1. The second-order valence-electron chi connectivity index (χ2n) is 6.09. The Bertz CT molecular complexity index is 259. The van der Waals surface area contributed by atoms with Crippen LogP contribution in [0.5, 0.6) is 0 Å². The Balaban J connectivity index is 2.57. The summed E-state index contributed by atoms with van der Waals surface area (Å²) in [6, 6.07) is -0.413. The Labute approximate surface area is 104 Å². The first-order valence-corrected chi connectivity index (χ1v) is 6.39. The molecule has 1 aliphatic heterocycles. The number of hydrogen-bond donors (Lipinski definition) is 1. The Morgan fingerprint density at radius 2 is 2.18 bits per heavy atom. The van der Waals surface area contributed by atoms with Gasteiger partial charge in [-0.3, -0.25) is 4.79 Å².